The summed E-state index contributed by atoms with van der Waals surface area (Å²) in [5.41, 5.74) is 4.84. The van der Waals surface area contributed by atoms with Crippen LogP contribution in [-0.2, 0) is 4.79 Å². The van der Waals surface area contributed by atoms with E-state index in [0.717, 1.165) is 35.2 Å². The molecular weight excluding hydrogens is 364 g/mol. The van der Waals surface area contributed by atoms with Crippen LogP contribution in [0, 0.1) is 0 Å². The van der Waals surface area contributed by atoms with Crippen LogP contribution in [0.3, 0.4) is 0 Å². The zero-order valence-corrected chi connectivity index (χ0v) is 16.7. The number of carbonyl (C=O) groups is 1. The molecule has 3 N–H and O–H groups in total. The molecule has 0 aliphatic heterocycles. The number of amides is 1. The molecule has 3 aromatic rings. The lowest BCUT2D eigenvalue weighted by Gasteiger charge is -2.21. The molecule has 0 radical (unpaired) electrons. The van der Waals surface area contributed by atoms with E-state index in [2.05, 4.69) is 34.6 Å². The molecule has 0 aliphatic rings. The zero-order valence-electron chi connectivity index (χ0n) is 16.7. The third-order valence-corrected chi connectivity index (χ3v) is 4.74. The number of rotatable bonds is 8. The number of benzene rings is 3. The molecule has 1 amide bonds. The number of aromatic hydroxyl groups is 1. The standard InChI is InChI=1S/C23H26N4O2/c1-3-27(4-2)21-12-10-19(22(28)14-21)15-25-26-23(29)16-24-20-11-9-17-7-5-6-8-18(17)13-20/h5-15,24,28H,3-4,16H2,1-2H3,(H,26,29)/b25-15-. The molecule has 3 rings (SSSR count). The van der Waals surface area contributed by atoms with E-state index in [9.17, 15) is 9.90 Å². The fraction of sp³-hybridized carbons (Fsp3) is 0.217. The second kappa shape index (κ2) is 9.59. The maximum absolute atomic E-state index is 12.0. The van der Waals surface area contributed by atoms with Crippen LogP contribution < -0.4 is 15.6 Å². The van der Waals surface area contributed by atoms with Crippen molar-refractivity contribution in [2.45, 2.75) is 13.8 Å². The molecular formula is C23H26N4O2. The molecule has 0 unspecified atom stereocenters. The summed E-state index contributed by atoms with van der Waals surface area (Å²) in [6.45, 7) is 5.96. The Labute approximate surface area is 170 Å². The summed E-state index contributed by atoms with van der Waals surface area (Å²) >= 11 is 0. The van der Waals surface area contributed by atoms with Crippen molar-refractivity contribution in [3.63, 3.8) is 0 Å². The normalized spacial score (nSPS) is 11.0. The first-order chi connectivity index (χ1) is 14.1. The molecule has 0 aliphatic carbocycles. The van der Waals surface area contributed by atoms with Crippen molar-refractivity contribution in [2.75, 3.05) is 29.9 Å². The van der Waals surface area contributed by atoms with Gasteiger partial charge in [-0.05, 0) is 48.9 Å². The fourth-order valence-electron chi connectivity index (χ4n) is 3.12. The highest BCUT2D eigenvalue weighted by atomic mass is 16.3. The van der Waals surface area contributed by atoms with Crippen LogP contribution in [0.25, 0.3) is 10.8 Å². The van der Waals surface area contributed by atoms with Crippen LogP contribution in [-0.4, -0.2) is 36.9 Å². The van der Waals surface area contributed by atoms with E-state index >= 15 is 0 Å². The van der Waals surface area contributed by atoms with Crippen molar-refractivity contribution in [3.8, 4) is 5.75 Å². The summed E-state index contributed by atoms with van der Waals surface area (Å²) < 4.78 is 0. The topological polar surface area (TPSA) is 77.0 Å². The monoisotopic (exact) mass is 390 g/mol. The minimum atomic E-state index is -0.270. The van der Waals surface area contributed by atoms with Gasteiger partial charge < -0.3 is 15.3 Å². The van der Waals surface area contributed by atoms with E-state index < -0.39 is 0 Å². The lowest BCUT2D eigenvalue weighted by molar-refractivity contribution is -0.119. The van der Waals surface area contributed by atoms with Crippen LogP contribution in [0.15, 0.2) is 65.8 Å². The number of fused-ring (bicyclic) bond motifs is 1. The van der Waals surface area contributed by atoms with Gasteiger partial charge in [-0.1, -0.05) is 30.3 Å². The predicted molar refractivity (Wildman–Crippen MR) is 120 cm³/mol. The zero-order chi connectivity index (χ0) is 20.6. The van der Waals surface area contributed by atoms with Gasteiger partial charge in [0.05, 0.1) is 12.8 Å². The highest BCUT2D eigenvalue weighted by molar-refractivity contribution is 5.88. The van der Waals surface area contributed by atoms with Crippen molar-refractivity contribution in [3.05, 3.63) is 66.2 Å². The maximum Gasteiger partial charge on any atom is 0.259 e. The molecule has 150 valence electrons. The van der Waals surface area contributed by atoms with Crippen molar-refractivity contribution < 1.29 is 9.90 Å². The molecule has 29 heavy (non-hydrogen) atoms. The van der Waals surface area contributed by atoms with E-state index in [1.165, 1.54) is 6.21 Å². The van der Waals surface area contributed by atoms with Gasteiger partial charge in [0, 0.05) is 36.1 Å². The van der Waals surface area contributed by atoms with Gasteiger partial charge in [0.1, 0.15) is 5.75 Å². The van der Waals surface area contributed by atoms with Crippen LogP contribution in [0.4, 0.5) is 11.4 Å². The smallest absolute Gasteiger partial charge is 0.259 e. The van der Waals surface area contributed by atoms with Crippen LogP contribution in [0.5, 0.6) is 5.75 Å². The average Bonchev–Trinajstić information content (AvgIpc) is 2.74. The molecule has 0 aromatic heterocycles. The van der Waals surface area contributed by atoms with E-state index in [1.54, 1.807) is 12.1 Å². The van der Waals surface area contributed by atoms with Crippen molar-refractivity contribution in [2.24, 2.45) is 5.10 Å². The average molecular weight is 390 g/mol. The van der Waals surface area contributed by atoms with Gasteiger partial charge in [0.25, 0.3) is 5.91 Å². The van der Waals surface area contributed by atoms with E-state index in [-0.39, 0.29) is 18.2 Å². The summed E-state index contributed by atoms with van der Waals surface area (Å²) in [6, 6.07) is 19.4. The van der Waals surface area contributed by atoms with Crippen LogP contribution >= 0.6 is 0 Å². The van der Waals surface area contributed by atoms with E-state index in [4.69, 9.17) is 0 Å². The van der Waals surface area contributed by atoms with E-state index in [0.29, 0.717) is 5.56 Å². The molecule has 0 heterocycles. The van der Waals surface area contributed by atoms with Gasteiger partial charge in [0.15, 0.2) is 0 Å². The highest BCUT2D eigenvalue weighted by Crippen LogP contribution is 2.23. The third kappa shape index (κ3) is 5.25. The van der Waals surface area contributed by atoms with Gasteiger partial charge in [-0.25, -0.2) is 5.43 Å². The number of carbonyl (C=O) groups excluding carboxylic acids is 1. The van der Waals surface area contributed by atoms with Gasteiger partial charge >= 0.3 is 0 Å². The van der Waals surface area contributed by atoms with Crippen LogP contribution in [0.2, 0.25) is 0 Å². The fourth-order valence-corrected chi connectivity index (χ4v) is 3.12. The first-order valence-corrected chi connectivity index (χ1v) is 9.73. The number of phenols is 1. The Kier molecular flexibility index (Phi) is 6.68. The first kappa shape index (κ1) is 20.2. The Bertz CT molecular complexity index is 1010. The summed E-state index contributed by atoms with van der Waals surface area (Å²) in [6.07, 6.45) is 1.44. The lowest BCUT2D eigenvalue weighted by Crippen LogP contribution is -2.25. The second-order valence-electron chi connectivity index (χ2n) is 6.62. The largest absolute Gasteiger partial charge is 0.507 e. The second-order valence-corrected chi connectivity index (χ2v) is 6.62. The van der Waals surface area contributed by atoms with Gasteiger partial charge in [-0.15, -0.1) is 0 Å². The number of nitrogens with zero attached hydrogens (tertiary/aromatic N) is 2. The Balaban J connectivity index is 1.53. The van der Waals surface area contributed by atoms with Gasteiger partial charge in [-0.2, -0.15) is 5.10 Å². The Morgan fingerprint density at radius 1 is 1.03 bits per heavy atom. The first-order valence-electron chi connectivity index (χ1n) is 9.73. The SMILES string of the molecule is CCN(CC)c1ccc(/C=N\NC(=O)CNc2ccc3ccccc3c2)c(O)c1. The molecule has 0 bridgehead atoms. The number of hydrogen-bond donors (Lipinski definition) is 3. The number of nitrogens with one attached hydrogen (secondary N) is 2. The van der Waals surface area contributed by atoms with Crippen molar-refractivity contribution >= 4 is 34.3 Å². The van der Waals surface area contributed by atoms with Gasteiger partial charge in [0.2, 0.25) is 0 Å². The Hall–Kier alpha value is -3.54. The maximum atomic E-state index is 12.0. The molecule has 0 atom stereocenters. The molecule has 0 fully saturated rings. The quantitative estimate of drug-likeness (QED) is 0.402. The molecule has 3 aromatic carbocycles. The predicted octanol–water partition coefficient (Wildman–Crippen LogP) is 3.95. The molecule has 6 nitrogen and oxygen atoms in total. The Morgan fingerprint density at radius 2 is 1.79 bits per heavy atom. The number of phenolic OH excluding ortho intramolecular Hbond substituents is 1. The number of hydrogen-bond acceptors (Lipinski definition) is 5. The summed E-state index contributed by atoms with van der Waals surface area (Å²) in [4.78, 5) is 14.2. The van der Waals surface area contributed by atoms with Gasteiger partial charge in [-0.3, -0.25) is 4.79 Å². The molecule has 0 saturated heterocycles. The Morgan fingerprint density at radius 3 is 2.52 bits per heavy atom. The molecule has 0 saturated carbocycles. The lowest BCUT2D eigenvalue weighted by atomic mass is 10.1. The van der Waals surface area contributed by atoms with Crippen molar-refractivity contribution in [1.82, 2.24) is 5.43 Å². The van der Waals surface area contributed by atoms with Crippen molar-refractivity contribution in [1.29, 1.82) is 0 Å². The van der Waals surface area contributed by atoms with E-state index in [1.807, 2.05) is 48.5 Å². The molecule has 6 heteroatoms. The minimum Gasteiger partial charge on any atom is -0.507 e. The summed E-state index contributed by atoms with van der Waals surface area (Å²) in [5, 5.41) is 19.5. The molecule has 0 spiro atoms. The number of anilines is 2. The minimum absolute atomic E-state index is 0.0998. The summed E-state index contributed by atoms with van der Waals surface area (Å²) in [7, 11) is 0. The third-order valence-electron chi connectivity index (χ3n) is 4.74. The summed E-state index contributed by atoms with van der Waals surface area (Å²) in [5.74, 6) is -0.143. The number of hydrazone groups is 1. The highest BCUT2D eigenvalue weighted by Gasteiger charge is 2.06. The van der Waals surface area contributed by atoms with Crippen LogP contribution in [0.1, 0.15) is 19.4 Å².